The van der Waals surface area contributed by atoms with Crippen molar-refractivity contribution in [3.05, 3.63) is 34.9 Å². The molecule has 0 aliphatic carbocycles. The van der Waals surface area contributed by atoms with E-state index in [0.717, 1.165) is 6.07 Å². The van der Waals surface area contributed by atoms with Gasteiger partial charge in [0.05, 0.1) is 5.56 Å². The lowest BCUT2D eigenvalue weighted by Crippen LogP contribution is -2.10. The molecule has 0 atom stereocenters. The summed E-state index contributed by atoms with van der Waals surface area (Å²) in [6.07, 6.45) is -3.92. The summed E-state index contributed by atoms with van der Waals surface area (Å²) < 4.78 is 37.6. The first-order valence-corrected chi connectivity index (χ1v) is 4.73. The van der Waals surface area contributed by atoms with Crippen molar-refractivity contribution in [3.63, 3.8) is 0 Å². The lowest BCUT2D eigenvalue weighted by atomic mass is 10.0. The van der Waals surface area contributed by atoms with Gasteiger partial charge in [0, 0.05) is 11.4 Å². The summed E-state index contributed by atoms with van der Waals surface area (Å²) >= 11 is 5.39. The number of rotatable bonds is 3. The fraction of sp³-hybridized carbons (Fsp3) is 0.300. The molecule has 0 unspecified atom stereocenters. The topological polar surface area (TPSA) is 17.1 Å². The van der Waals surface area contributed by atoms with Gasteiger partial charge >= 0.3 is 6.18 Å². The summed E-state index contributed by atoms with van der Waals surface area (Å²) in [7, 11) is 0. The highest BCUT2D eigenvalue weighted by molar-refractivity contribution is 6.18. The summed E-state index contributed by atoms with van der Waals surface area (Å²) in [6.45, 7) is 0. The third-order valence-electron chi connectivity index (χ3n) is 1.94. The van der Waals surface area contributed by atoms with Crippen molar-refractivity contribution in [2.75, 3.05) is 5.88 Å². The maximum atomic E-state index is 12.5. The molecule has 82 valence electrons. The van der Waals surface area contributed by atoms with E-state index < -0.39 is 11.7 Å². The van der Waals surface area contributed by atoms with Crippen LogP contribution in [0.1, 0.15) is 21.5 Å². The predicted molar refractivity (Wildman–Crippen MR) is 51.3 cm³/mol. The first kappa shape index (κ1) is 12.0. The van der Waals surface area contributed by atoms with E-state index in [0.29, 0.717) is 6.29 Å². The van der Waals surface area contributed by atoms with E-state index in [1.165, 1.54) is 12.1 Å². The van der Waals surface area contributed by atoms with E-state index in [2.05, 4.69) is 0 Å². The molecule has 1 nitrogen and oxygen atoms in total. The van der Waals surface area contributed by atoms with Gasteiger partial charge in [0.2, 0.25) is 0 Å². The Labute approximate surface area is 89.9 Å². The fourth-order valence-electron chi connectivity index (χ4n) is 1.25. The van der Waals surface area contributed by atoms with Crippen molar-refractivity contribution in [2.24, 2.45) is 0 Å². The minimum atomic E-state index is -4.44. The first-order valence-electron chi connectivity index (χ1n) is 4.20. The number of aryl methyl sites for hydroxylation is 1. The minimum Gasteiger partial charge on any atom is -0.298 e. The van der Waals surface area contributed by atoms with E-state index in [4.69, 9.17) is 11.6 Å². The molecule has 0 amide bonds. The Balaban J connectivity index is 3.22. The molecule has 1 aromatic carbocycles. The molecule has 0 radical (unpaired) electrons. The highest BCUT2D eigenvalue weighted by Gasteiger charge is 2.33. The zero-order valence-corrected chi connectivity index (χ0v) is 8.40. The summed E-state index contributed by atoms with van der Waals surface area (Å²) in [4.78, 5) is 10.4. The van der Waals surface area contributed by atoms with Crippen molar-refractivity contribution in [3.8, 4) is 0 Å². The van der Waals surface area contributed by atoms with E-state index in [1.807, 2.05) is 0 Å². The highest BCUT2D eigenvalue weighted by Crippen LogP contribution is 2.32. The molecule has 0 aromatic heterocycles. The number of hydrogen-bond acceptors (Lipinski definition) is 1. The van der Waals surface area contributed by atoms with Gasteiger partial charge in [-0.3, -0.25) is 4.79 Å². The van der Waals surface area contributed by atoms with E-state index in [-0.39, 0.29) is 23.4 Å². The van der Waals surface area contributed by atoms with Gasteiger partial charge in [-0.2, -0.15) is 13.2 Å². The Bertz CT molecular complexity index is 360. The van der Waals surface area contributed by atoms with Gasteiger partial charge in [0.1, 0.15) is 6.29 Å². The highest BCUT2D eigenvalue weighted by atomic mass is 35.5. The Hall–Kier alpha value is -1.03. The van der Waals surface area contributed by atoms with Crippen LogP contribution in [0.25, 0.3) is 0 Å². The Morgan fingerprint density at radius 1 is 1.33 bits per heavy atom. The Morgan fingerprint density at radius 3 is 2.47 bits per heavy atom. The van der Waals surface area contributed by atoms with Crippen LogP contribution in [-0.2, 0) is 12.6 Å². The number of hydrogen-bond donors (Lipinski definition) is 0. The molecule has 0 saturated heterocycles. The van der Waals surface area contributed by atoms with Gasteiger partial charge in [-0.05, 0) is 18.1 Å². The fourth-order valence-corrected chi connectivity index (χ4v) is 1.45. The maximum Gasteiger partial charge on any atom is 0.416 e. The predicted octanol–water partition coefficient (Wildman–Crippen LogP) is 3.30. The molecule has 0 spiro atoms. The third kappa shape index (κ3) is 2.96. The van der Waals surface area contributed by atoms with Gasteiger partial charge in [-0.15, -0.1) is 11.6 Å². The lowest BCUT2D eigenvalue weighted by Gasteiger charge is -2.12. The molecule has 0 bridgehead atoms. The van der Waals surface area contributed by atoms with Gasteiger partial charge in [0.25, 0.3) is 0 Å². The summed E-state index contributed by atoms with van der Waals surface area (Å²) in [5.41, 5.74) is -0.656. The Kier molecular flexibility index (Phi) is 3.74. The zero-order chi connectivity index (χ0) is 11.5. The molecule has 1 rings (SSSR count). The van der Waals surface area contributed by atoms with Crippen LogP contribution >= 0.6 is 11.6 Å². The van der Waals surface area contributed by atoms with Crippen LogP contribution in [0, 0.1) is 0 Å². The SMILES string of the molecule is O=Cc1ccc(CCCl)c(C(F)(F)F)c1. The van der Waals surface area contributed by atoms with Gasteiger partial charge in [-0.25, -0.2) is 0 Å². The molecule has 0 heterocycles. The standard InChI is InChI=1S/C10H8ClF3O/c11-4-3-8-2-1-7(6-15)5-9(8)10(12,13)14/h1-2,5-6H,3-4H2. The summed E-state index contributed by atoms with van der Waals surface area (Å²) in [5, 5.41) is 0. The molecule has 0 fully saturated rings. The van der Waals surface area contributed by atoms with Crippen LogP contribution < -0.4 is 0 Å². The number of alkyl halides is 4. The Morgan fingerprint density at radius 2 is 2.00 bits per heavy atom. The quantitative estimate of drug-likeness (QED) is 0.581. The van der Waals surface area contributed by atoms with E-state index >= 15 is 0 Å². The molecule has 1 aromatic rings. The second-order valence-electron chi connectivity index (χ2n) is 2.97. The zero-order valence-electron chi connectivity index (χ0n) is 7.64. The lowest BCUT2D eigenvalue weighted by molar-refractivity contribution is -0.138. The smallest absolute Gasteiger partial charge is 0.298 e. The third-order valence-corrected chi connectivity index (χ3v) is 2.13. The van der Waals surface area contributed by atoms with Crippen molar-refractivity contribution in [1.29, 1.82) is 0 Å². The van der Waals surface area contributed by atoms with Crippen LogP contribution in [-0.4, -0.2) is 12.2 Å². The number of carbonyl (C=O) groups is 1. The molecule has 0 N–H and O–H groups in total. The van der Waals surface area contributed by atoms with Crippen LogP contribution in [0.2, 0.25) is 0 Å². The minimum absolute atomic E-state index is 0.0145. The second-order valence-corrected chi connectivity index (χ2v) is 3.35. The van der Waals surface area contributed by atoms with Gasteiger partial charge in [0.15, 0.2) is 0 Å². The van der Waals surface area contributed by atoms with Crippen molar-refractivity contribution < 1.29 is 18.0 Å². The van der Waals surface area contributed by atoms with E-state index in [1.54, 1.807) is 0 Å². The molecule has 5 heteroatoms. The van der Waals surface area contributed by atoms with Crippen molar-refractivity contribution >= 4 is 17.9 Å². The van der Waals surface area contributed by atoms with Crippen LogP contribution in [0.3, 0.4) is 0 Å². The first-order chi connectivity index (χ1) is 6.99. The number of carbonyl (C=O) groups excluding carboxylic acids is 1. The number of benzene rings is 1. The summed E-state index contributed by atoms with van der Waals surface area (Å²) in [5.74, 6) is 0.115. The van der Waals surface area contributed by atoms with Gasteiger partial charge in [-0.1, -0.05) is 12.1 Å². The average molecular weight is 237 g/mol. The maximum absolute atomic E-state index is 12.5. The van der Waals surface area contributed by atoms with Crippen molar-refractivity contribution in [1.82, 2.24) is 0 Å². The molecule has 0 saturated carbocycles. The molecule has 0 aliphatic rings. The normalized spacial score (nSPS) is 11.5. The molecular weight excluding hydrogens is 229 g/mol. The molecule has 0 aliphatic heterocycles. The molecule has 15 heavy (non-hydrogen) atoms. The van der Waals surface area contributed by atoms with Crippen LogP contribution in [0.4, 0.5) is 13.2 Å². The average Bonchev–Trinajstić information content (AvgIpc) is 2.17. The summed E-state index contributed by atoms with van der Waals surface area (Å²) in [6, 6.07) is 3.48. The molecular formula is C10H8ClF3O. The number of halogens is 4. The monoisotopic (exact) mass is 236 g/mol. The van der Waals surface area contributed by atoms with Gasteiger partial charge < -0.3 is 0 Å². The van der Waals surface area contributed by atoms with Crippen LogP contribution in [0.5, 0.6) is 0 Å². The van der Waals surface area contributed by atoms with E-state index in [9.17, 15) is 18.0 Å². The van der Waals surface area contributed by atoms with Crippen molar-refractivity contribution in [2.45, 2.75) is 12.6 Å². The van der Waals surface area contributed by atoms with Crippen LogP contribution in [0.15, 0.2) is 18.2 Å². The second kappa shape index (κ2) is 4.66. The number of aldehydes is 1. The largest absolute Gasteiger partial charge is 0.416 e.